The van der Waals surface area contributed by atoms with Crippen LogP contribution in [0.4, 0.5) is 18.0 Å². The fraction of sp³-hybridized carbons (Fsp3) is 0.357. The summed E-state index contributed by atoms with van der Waals surface area (Å²) >= 11 is 1.03. The Kier molecular flexibility index (Phi) is 5.21. The van der Waals surface area contributed by atoms with Crippen LogP contribution in [-0.2, 0) is 4.79 Å². The van der Waals surface area contributed by atoms with Crippen LogP contribution in [0.5, 0.6) is 5.75 Å². The Labute approximate surface area is 154 Å². The van der Waals surface area contributed by atoms with Crippen LogP contribution in [0.3, 0.4) is 0 Å². The third kappa shape index (κ3) is 4.48. The van der Waals surface area contributed by atoms with E-state index in [9.17, 15) is 22.8 Å². The van der Waals surface area contributed by atoms with E-state index < -0.39 is 23.6 Å². The second-order valence-electron chi connectivity index (χ2n) is 5.40. The maximum absolute atomic E-state index is 12.4. The van der Waals surface area contributed by atoms with E-state index >= 15 is 0 Å². The number of imide groups is 1. The molecule has 0 radical (unpaired) electrons. The fourth-order valence-corrected chi connectivity index (χ4v) is 3.18. The molecule has 13 heteroatoms. The van der Waals surface area contributed by atoms with E-state index in [1.165, 1.54) is 16.8 Å². The molecule has 0 aliphatic carbocycles. The maximum atomic E-state index is 12.4. The van der Waals surface area contributed by atoms with Gasteiger partial charge in [0.25, 0.3) is 0 Å². The van der Waals surface area contributed by atoms with Crippen molar-refractivity contribution in [3.63, 3.8) is 0 Å². The Morgan fingerprint density at radius 2 is 2.04 bits per heavy atom. The lowest BCUT2D eigenvalue weighted by molar-refractivity contribution is -0.274. The highest BCUT2D eigenvalue weighted by Gasteiger charge is 2.32. The summed E-state index contributed by atoms with van der Waals surface area (Å²) < 4.78 is 41.8. The van der Waals surface area contributed by atoms with Crippen molar-refractivity contribution in [2.24, 2.45) is 0 Å². The smallest absolute Gasteiger partial charge is 0.406 e. The predicted octanol–water partition coefficient (Wildman–Crippen LogP) is 1.59. The summed E-state index contributed by atoms with van der Waals surface area (Å²) in [6.07, 6.45) is -4.78. The third-order valence-corrected chi connectivity index (χ3v) is 4.53. The monoisotopic (exact) mass is 402 g/mol. The number of aromatic nitrogens is 4. The first-order valence-electron chi connectivity index (χ1n) is 7.65. The van der Waals surface area contributed by atoms with E-state index in [0.717, 1.165) is 28.8 Å². The Hall–Kier alpha value is -2.83. The van der Waals surface area contributed by atoms with Gasteiger partial charge in [-0.3, -0.25) is 9.69 Å². The molecule has 144 valence electrons. The third-order valence-electron chi connectivity index (χ3n) is 3.51. The van der Waals surface area contributed by atoms with Gasteiger partial charge in [-0.05, 0) is 41.6 Å². The van der Waals surface area contributed by atoms with Gasteiger partial charge in [0.15, 0.2) is 0 Å². The molecule has 1 N–H and O–H groups in total. The van der Waals surface area contributed by atoms with Gasteiger partial charge in [-0.25, -0.2) is 4.79 Å². The lowest BCUT2D eigenvalue weighted by Crippen LogP contribution is -2.39. The standard InChI is InChI=1S/C14H13F3N6O3S/c1-8(11(24)22-7-6-18-12(22)25)27-13-19-20-21-23(13)9-2-4-10(5-3-9)26-14(15,16)17/h2-5,8H,6-7H2,1H3,(H,18,25). The minimum atomic E-state index is -4.78. The quantitative estimate of drug-likeness (QED) is 0.758. The molecule has 1 unspecified atom stereocenters. The number of amides is 3. The minimum absolute atomic E-state index is 0.250. The van der Waals surface area contributed by atoms with Crippen LogP contribution < -0.4 is 10.1 Å². The Morgan fingerprint density at radius 3 is 2.63 bits per heavy atom. The topological polar surface area (TPSA) is 102 Å². The Morgan fingerprint density at radius 1 is 1.33 bits per heavy atom. The summed E-state index contributed by atoms with van der Waals surface area (Å²) in [6, 6.07) is 4.50. The number of tetrazole rings is 1. The highest BCUT2D eigenvalue weighted by Crippen LogP contribution is 2.27. The van der Waals surface area contributed by atoms with E-state index in [0.29, 0.717) is 12.2 Å². The van der Waals surface area contributed by atoms with Crippen LogP contribution in [0, 0.1) is 0 Å². The Balaban J connectivity index is 1.72. The number of alkyl halides is 3. The highest BCUT2D eigenvalue weighted by atomic mass is 32.2. The molecule has 3 amide bonds. The van der Waals surface area contributed by atoms with Crippen molar-refractivity contribution in [2.45, 2.75) is 23.7 Å². The van der Waals surface area contributed by atoms with Crippen molar-refractivity contribution in [1.29, 1.82) is 0 Å². The molecule has 9 nitrogen and oxygen atoms in total. The van der Waals surface area contributed by atoms with Crippen LogP contribution in [-0.4, -0.2) is 61.7 Å². The van der Waals surface area contributed by atoms with Crippen molar-refractivity contribution in [3.05, 3.63) is 24.3 Å². The molecule has 3 rings (SSSR count). The molecule has 1 aromatic heterocycles. The SMILES string of the molecule is CC(Sc1nnnn1-c1ccc(OC(F)(F)F)cc1)C(=O)N1CCNC1=O. The number of ether oxygens (including phenoxy) is 1. The molecular weight excluding hydrogens is 389 g/mol. The molecule has 1 saturated heterocycles. The molecule has 0 saturated carbocycles. The zero-order valence-electron chi connectivity index (χ0n) is 13.8. The van der Waals surface area contributed by atoms with Crippen molar-refractivity contribution in [2.75, 3.05) is 13.1 Å². The van der Waals surface area contributed by atoms with Crippen LogP contribution in [0.15, 0.2) is 29.4 Å². The van der Waals surface area contributed by atoms with E-state index in [1.807, 2.05) is 0 Å². The predicted molar refractivity (Wildman–Crippen MR) is 86.3 cm³/mol. The number of urea groups is 1. The second-order valence-corrected chi connectivity index (χ2v) is 6.70. The largest absolute Gasteiger partial charge is 0.573 e. The van der Waals surface area contributed by atoms with E-state index in [1.54, 1.807) is 6.92 Å². The number of nitrogens with zero attached hydrogens (tertiary/aromatic N) is 5. The van der Waals surface area contributed by atoms with Gasteiger partial charge in [-0.15, -0.1) is 18.3 Å². The highest BCUT2D eigenvalue weighted by molar-refractivity contribution is 8.00. The molecule has 2 aromatic rings. The molecule has 1 aliphatic heterocycles. The van der Waals surface area contributed by atoms with Gasteiger partial charge in [0, 0.05) is 13.1 Å². The summed E-state index contributed by atoms with van der Waals surface area (Å²) in [6.45, 7) is 2.29. The number of hydrogen-bond donors (Lipinski definition) is 1. The van der Waals surface area contributed by atoms with Gasteiger partial charge >= 0.3 is 12.4 Å². The first-order chi connectivity index (χ1) is 12.7. The van der Waals surface area contributed by atoms with Crippen LogP contribution in [0.1, 0.15) is 6.92 Å². The van der Waals surface area contributed by atoms with Crippen LogP contribution >= 0.6 is 11.8 Å². The summed E-state index contributed by atoms with van der Waals surface area (Å²) in [4.78, 5) is 25.0. The number of halogens is 3. The average Bonchev–Trinajstić information content (AvgIpc) is 3.22. The summed E-state index contributed by atoms with van der Waals surface area (Å²) in [7, 11) is 0. The van der Waals surface area contributed by atoms with Gasteiger partial charge in [-0.1, -0.05) is 11.8 Å². The molecule has 2 heterocycles. The normalized spacial score (nSPS) is 15.6. The molecular formula is C14H13F3N6O3S. The summed E-state index contributed by atoms with van der Waals surface area (Å²) in [5.41, 5.74) is 0.385. The Bertz CT molecular complexity index is 841. The number of nitrogens with one attached hydrogen (secondary N) is 1. The van der Waals surface area contributed by atoms with Crippen molar-refractivity contribution in [3.8, 4) is 11.4 Å². The number of carbonyl (C=O) groups is 2. The molecule has 1 aromatic carbocycles. The lowest BCUT2D eigenvalue weighted by atomic mass is 10.3. The summed E-state index contributed by atoms with van der Waals surface area (Å²) in [5, 5.41) is 13.3. The van der Waals surface area contributed by atoms with Gasteiger partial charge in [0.2, 0.25) is 11.1 Å². The van der Waals surface area contributed by atoms with Crippen molar-refractivity contribution < 1.29 is 27.5 Å². The van der Waals surface area contributed by atoms with Crippen LogP contribution in [0.25, 0.3) is 5.69 Å². The molecule has 1 fully saturated rings. The lowest BCUT2D eigenvalue weighted by Gasteiger charge is -2.16. The number of rotatable bonds is 5. The van der Waals surface area contributed by atoms with E-state index in [-0.39, 0.29) is 17.5 Å². The molecule has 27 heavy (non-hydrogen) atoms. The molecule has 1 aliphatic rings. The van der Waals surface area contributed by atoms with Gasteiger partial charge in [0.1, 0.15) is 5.75 Å². The number of carbonyl (C=O) groups excluding carboxylic acids is 2. The van der Waals surface area contributed by atoms with Gasteiger partial charge < -0.3 is 10.1 Å². The zero-order chi connectivity index (χ0) is 19.6. The number of benzene rings is 1. The fourth-order valence-electron chi connectivity index (χ4n) is 2.31. The van der Waals surface area contributed by atoms with E-state index in [2.05, 4.69) is 25.6 Å². The number of hydrogen-bond acceptors (Lipinski definition) is 7. The van der Waals surface area contributed by atoms with Gasteiger partial charge in [-0.2, -0.15) is 4.68 Å². The average molecular weight is 402 g/mol. The van der Waals surface area contributed by atoms with Gasteiger partial charge in [0.05, 0.1) is 10.9 Å². The minimum Gasteiger partial charge on any atom is -0.406 e. The summed E-state index contributed by atoms with van der Waals surface area (Å²) in [5.74, 6) is -0.768. The first kappa shape index (κ1) is 18.9. The maximum Gasteiger partial charge on any atom is 0.573 e. The zero-order valence-corrected chi connectivity index (χ0v) is 14.6. The van der Waals surface area contributed by atoms with Crippen molar-refractivity contribution >= 4 is 23.7 Å². The number of thioether (sulfide) groups is 1. The molecule has 0 spiro atoms. The second kappa shape index (κ2) is 7.42. The first-order valence-corrected chi connectivity index (χ1v) is 8.53. The van der Waals surface area contributed by atoms with Crippen molar-refractivity contribution in [1.82, 2.24) is 30.4 Å². The van der Waals surface area contributed by atoms with Crippen LogP contribution in [0.2, 0.25) is 0 Å². The molecule has 0 bridgehead atoms. The van der Waals surface area contributed by atoms with E-state index in [4.69, 9.17) is 0 Å². The molecule has 1 atom stereocenters.